The molecule has 0 bridgehead atoms. The molecule has 1 amide bonds. The van der Waals surface area contributed by atoms with Crippen LogP contribution in [0.4, 0.5) is 5.69 Å². The standard InChI is InChI=1S/C29H31N3O4/c1-19-8-13-27(20(2)14-19)36-18-23(33)17-32-26-7-5-4-6-25(26)30-29(32)21-15-28(34)31(16-21)22-9-11-24(35-3)12-10-22/h4-14,21,23,33H,15-18H2,1-3H3/t21-,23-/m1/s1. The van der Waals surface area contributed by atoms with Gasteiger partial charge in [0, 0.05) is 24.6 Å². The monoisotopic (exact) mass is 485 g/mol. The van der Waals surface area contributed by atoms with E-state index in [4.69, 9.17) is 14.5 Å². The number of aliphatic hydroxyl groups excluding tert-OH is 1. The summed E-state index contributed by atoms with van der Waals surface area (Å²) in [6.45, 7) is 5.07. The predicted molar refractivity (Wildman–Crippen MR) is 140 cm³/mol. The number of aliphatic hydroxyl groups is 1. The molecule has 3 aromatic carbocycles. The molecule has 5 rings (SSSR count). The van der Waals surface area contributed by atoms with Gasteiger partial charge < -0.3 is 24.0 Å². The van der Waals surface area contributed by atoms with Gasteiger partial charge in [-0.25, -0.2) is 4.98 Å². The van der Waals surface area contributed by atoms with Gasteiger partial charge in [-0.05, 0) is 61.9 Å². The minimum Gasteiger partial charge on any atom is -0.497 e. The highest BCUT2D eigenvalue weighted by Crippen LogP contribution is 2.34. The number of hydrogen-bond acceptors (Lipinski definition) is 5. The maximum atomic E-state index is 13.0. The first kappa shape index (κ1) is 23.9. The van der Waals surface area contributed by atoms with Gasteiger partial charge in [-0.1, -0.05) is 29.8 Å². The van der Waals surface area contributed by atoms with E-state index in [0.717, 1.165) is 39.6 Å². The summed E-state index contributed by atoms with van der Waals surface area (Å²) >= 11 is 0. The minimum atomic E-state index is -0.739. The van der Waals surface area contributed by atoms with Crippen LogP contribution in [0.5, 0.6) is 11.5 Å². The molecule has 1 aliphatic heterocycles. The number of hydrogen-bond donors (Lipinski definition) is 1. The summed E-state index contributed by atoms with van der Waals surface area (Å²) in [5.74, 6) is 2.31. The van der Waals surface area contributed by atoms with Crippen molar-refractivity contribution in [2.75, 3.05) is 25.2 Å². The van der Waals surface area contributed by atoms with Gasteiger partial charge in [0.25, 0.3) is 0 Å². The predicted octanol–water partition coefficient (Wildman–Crippen LogP) is 4.62. The van der Waals surface area contributed by atoms with E-state index < -0.39 is 6.10 Å². The molecule has 1 saturated heterocycles. The Bertz CT molecular complexity index is 1380. The molecule has 186 valence electrons. The number of carbonyl (C=O) groups excluding carboxylic acids is 1. The third-order valence-electron chi connectivity index (χ3n) is 6.71. The van der Waals surface area contributed by atoms with Gasteiger partial charge in [0.1, 0.15) is 30.0 Å². The lowest BCUT2D eigenvalue weighted by atomic mass is 10.1. The van der Waals surface area contributed by atoms with Crippen molar-refractivity contribution in [3.8, 4) is 11.5 Å². The molecule has 0 radical (unpaired) electrons. The van der Waals surface area contributed by atoms with Crippen LogP contribution in [0.1, 0.15) is 29.3 Å². The molecule has 1 aromatic heterocycles. The molecule has 1 fully saturated rings. The SMILES string of the molecule is COc1ccc(N2C[C@H](c3nc4ccccc4n3C[C@@H](O)COc3ccc(C)cc3C)CC2=O)cc1. The van der Waals surface area contributed by atoms with E-state index in [1.165, 1.54) is 5.56 Å². The molecule has 2 heterocycles. The van der Waals surface area contributed by atoms with Crippen molar-refractivity contribution in [2.24, 2.45) is 0 Å². The molecule has 0 unspecified atom stereocenters. The summed E-state index contributed by atoms with van der Waals surface area (Å²) in [7, 11) is 1.62. The lowest BCUT2D eigenvalue weighted by Crippen LogP contribution is -2.26. The fourth-order valence-electron chi connectivity index (χ4n) is 4.90. The van der Waals surface area contributed by atoms with E-state index in [9.17, 15) is 9.90 Å². The van der Waals surface area contributed by atoms with Crippen LogP contribution in [-0.2, 0) is 11.3 Å². The first-order valence-electron chi connectivity index (χ1n) is 12.2. The number of anilines is 1. The van der Waals surface area contributed by atoms with Gasteiger partial charge in [-0.15, -0.1) is 0 Å². The summed E-state index contributed by atoms with van der Waals surface area (Å²) < 4.78 is 13.2. The fourth-order valence-corrected chi connectivity index (χ4v) is 4.90. The molecule has 7 heteroatoms. The number of aromatic nitrogens is 2. The van der Waals surface area contributed by atoms with Gasteiger partial charge in [0.15, 0.2) is 0 Å². The Morgan fingerprint density at radius 2 is 1.86 bits per heavy atom. The molecule has 1 N–H and O–H groups in total. The van der Waals surface area contributed by atoms with Crippen LogP contribution in [0, 0.1) is 13.8 Å². The molecule has 2 atom stereocenters. The normalized spacial score (nSPS) is 16.5. The second-order valence-electron chi connectivity index (χ2n) is 9.41. The Morgan fingerprint density at radius 3 is 2.61 bits per heavy atom. The molecule has 36 heavy (non-hydrogen) atoms. The topological polar surface area (TPSA) is 76.8 Å². The number of imidazole rings is 1. The van der Waals surface area contributed by atoms with Crippen molar-refractivity contribution >= 4 is 22.6 Å². The van der Waals surface area contributed by atoms with Gasteiger partial charge in [-0.2, -0.15) is 0 Å². The number of ether oxygens (including phenoxy) is 2. The molecular weight excluding hydrogens is 454 g/mol. The number of para-hydroxylation sites is 2. The van der Waals surface area contributed by atoms with E-state index >= 15 is 0 Å². The van der Waals surface area contributed by atoms with Crippen molar-refractivity contribution < 1.29 is 19.4 Å². The van der Waals surface area contributed by atoms with Crippen molar-refractivity contribution in [1.29, 1.82) is 0 Å². The van der Waals surface area contributed by atoms with Crippen LogP contribution >= 0.6 is 0 Å². The lowest BCUT2D eigenvalue weighted by molar-refractivity contribution is -0.117. The smallest absolute Gasteiger partial charge is 0.227 e. The Morgan fingerprint density at radius 1 is 1.08 bits per heavy atom. The number of carbonyl (C=O) groups is 1. The van der Waals surface area contributed by atoms with Gasteiger partial charge in [-0.3, -0.25) is 4.79 Å². The first-order chi connectivity index (χ1) is 17.4. The highest BCUT2D eigenvalue weighted by molar-refractivity contribution is 5.96. The number of amides is 1. The third-order valence-corrected chi connectivity index (χ3v) is 6.71. The maximum Gasteiger partial charge on any atom is 0.227 e. The Balaban J connectivity index is 1.36. The summed E-state index contributed by atoms with van der Waals surface area (Å²) in [4.78, 5) is 19.7. The van der Waals surface area contributed by atoms with Crippen molar-refractivity contribution in [1.82, 2.24) is 9.55 Å². The quantitative estimate of drug-likeness (QED) is 0.394. The van der Waals surface area contributed by atoms with E-state index in [0.29, 0.717) is 19.5 Å². The average molecular weight is 486 g/mol. The molecule has 1 aliphatic rings. The number of benzene rings is 3. The van der Waals surface area contributed by atoms with Gasteiger partial charge >= 0.3 is 0 Å². The second kappa shape index (κ2) is 10.0. The lowest BCUT2D eigenvalue weighted by Gasteiger charge is -2.19. The molecular formula is C29H31N3O4. The first-order valence-corrected chi connectivity index (χ1v) is 12.2. The van der Waals surface area contributed by atoms with Crippen molar-refractivity contribution in [3.63, 3.8) is 0 Å². The average Bonchev–Trinajstić information content (AvgIpc) is 3.44. The van der Waals surface area contributed by atoms with E-state index in [2.05, 4.69) is 6.07 Å². The zero-order valence-corrected chi connectivity index (χ0v) is 20.8. The number of nitrogens with zero attached hydrogens (tertiary/aromatic N) is 3. The van der Waals surface area contributed by atoms with Crippen LogP contribution in [0.3, 0.4) is 0 Å². The largest absolute Gasteiger partial charge is 0.497 e. The highest BCUT2D eigenvalue weighted by Gasteiger charge is 2.35. The highest BCUT2D eigenvalue weighted by atomic mass is 16.5. The summed E-state index contributed by atoms with van der Waals surface area (Å²) in [5, 5.41) is 10.9. The number of methoxy groups -OCH3 is 1. The maximum absolute atomic E-state index is 13.0. The zero-order chi connectivity index (χ0) is 25.2. The van der Waals surface area contributed by atoms with Gasteiger partial charge in [0.05, 0.1) is 24.7 Å². The number of aryl methyl sites for hydroxylation is 2. The van der Waals surface area contributed by atoms with Crippen LogP contribution in [0.15, 0.2) is 66.7 Å². The van der Waals surface area contributed by atoms with Gasteiger partial charge in [0.2, 0.25) is 5.91 Å². The molecule has 4 aromatic rings. The van der Waals surface area contributed by atoms with Crippen LogP contribution in [0.25, 0.3) is 11.0 Å². The van der Waals surface area contributed by atoms with E-state index in [1.807, 2.05) is 79.1 Å². The van der Waals surface area contributed by atoms with E-state index in [-0.39, 0.29) is 18.4 Å². The Kier molecular flexibility index (Phi) is 6.65. The zero-order valence-electron chi connectivity index (χ0n) is 20.8. The summed E-state index contributed by atoms with van der Waals surface area (Å²) in [5.41, 5.74) is 4.84. The molecule has 0 aliphatic carbocycles. The fraction of sp³-hybridized carbons (Fsp3) is 0.310. The minimum absolute atomic E-state index is 0.0579. The number of rotatable bonds is 8. The van der Waals surface area contributed by atoms with Crippen LogP contribution < -0.4 is 14.4 Å². The molecule has 0 saturated carbocycles. The van der Waals surface area contributed by atoms with Crippen molar-refractivity contribution in [3.05, 3.63) is 83.7 Å². The van der Waals surface area contributed by atoms with Crippen LogP contribution in [0.2, 0.25) is 0 Å². The van der Waals surface area contributed by atoms with Crippen molar-refractivity contribution in [2.45, 2.75) is 38.8 Å². The summed E-state index contributed by atoms with van der Waals surface area (Å²) in [6.07, 6.45) is -0.373. The Labute approximate surface area is 210 Å². The molecule has 0 spiro atoms. The number of fused-ring (bicyclic) bond motifs is 1. The third kappa shape index (κ3) is 4.79. The Hall–Kier alpha value is -3.84. The second-order valence-corrected chi connectivity index (χ2v) is 9.41. The summed E-state index contributed by atoms with van der Waals surface area (Å²) in [6, 6.07) is 21.4. The van der Waals surface area contributed by atoms with E-state index in [1.54, 1.807) is 12.0 Å². The van der Waals surface area contributed by atoms with Crippen LogP contribution in [-0.4, -0.2) is 46.9 Å². The molecule has 7 nitrogen and oxygen atoms in total.